The van der Waals surface area contributed by atoms with E-state index in [-0.39, 0.29) is 46.8 Å². The first-order valence-electron chi connectivity index (χ1n) is 36.8. The summed E-state index contributed by atoms with van der Waals surface area (Å²) in [6, 6.07) is 65.1. The molecule has 0 fully saturated rings. The van der Waals surface area contributed by atoms with Gasteiger partial charge in [0.2, 0.25) is 0 Å². The molecule has 0 atom stereocenters. The highest BCUT2D eigenvalue weighted by molar-refractivity contribution is 6.18. The van der Waals surface area contributed by atoms with Crippen molar-refractivity contribution in [2.45, 2.75) is 56.9 Å². The minimum atomic E-state index is -0.657. The van der Waals surface area contributed by atoms with Gasteiger partial charge in [-0.15, -0.1) is 33.0 Å². The fourth-order valence-corrected chi connectivity index (χ4v) is 11.9. The number of anilines is 15. The van der Waals surface area contributed by atoms with E-state index in [0.717, 1.165) is 111 Å². The summed E-state index contributed by atoms with van der Waals surface area (Å²) in [5.74, 6) is 3.84. The van der Waals surface area contributed by atoms with Crippen molar-refractivity contribution in [3.8, 4) is 0 Å². The van der Waals surface area contributed by atoms with Gasteiger partial charge in [-0.25, -0.2) is 69.0 Å². The van der Waals surface area contributed by atoms with Crippen molar-refractivity contribution in [3.63, 3.8) is 0 Å². The third-order valence-electron chi connectivity index (χ3n) is 17.3. The number of urea groups is 4. The van der Waals surface area contributed by atoms with Gasteiger partial charge < -0.3 is 64.2 Å². The number of carbonyl (C=O) groups excluding carboxylic acids is 4. The second kappa shape index (κ2) is 45.3. The Hall–Kier alpha value is -15.4. The van der Waals surface area contributed by atoms with Crippen LogP contribution < -0.4 is 64.2 Å². The van der Waals surface area contributed by atoms with Crippen molar-refractivity contribution in [1.82, 2.24) is 70.5 Å². The molecule has 0 unspecified atom stereocenters. The van der Waals surface area contributed by atoms with Gasteiger partial charge in [-0.1, -0.05) is 82.9 Å². The maximum absolute atomic E-state index is 12.1. The normalized spacial score (nSPS) is 10.2. The molecule has 0 aliphatic carbocycles. The maximum atomic E-state index is 12.1. The minimum absolute atomic E-state index is 0. The molecule has 32 nitrogen and oxygen atoms in total. The SMILES string of the molecule is C.C.C.CNC(=O)Nc1ccc2ncnc(Nc3cccc(C)c3)c2c1.Cc1cccc(Nc2ncnc3ccc(N)cc23)c1.Cc1cccc(Nc2ncnc3ccc(NC(=O)N(C)N=O)cc23)c1.Cc1cccc(Nc2ncnc3ccc(NC(=O)N(CCCl)N=O)cc23)c1.Cc1cccc(Nc2ncnc3ccc(NC(=O)NCCCl)cc23)c1. The van der Waals surface area contributed by atoms with Crippen molar-refractivity contribution >= 4 is 188 Å². The number of hydrogen-bond donors (Lipinski definition) is 12. The van der Waals surface area contributed by atoms with Crippen LogP contribution in [-0.4, -0.2) is 123 Å². The number of aromatic nitrogens is 10. The van der Waals surface area contributed by atoms with Gasteiger partial charge in [0.15, 0.2) is 0 Å². The number of aryl methyl sites for hydroxylation is 5. The number of hydrogen-bond acceptors (Lipinski definition) is 24. The van der Waals surface area contributed by atoms with Crippen molar-refractivity contribution in [1.29, 1.82) is 0 Å². The Morgan fingerprint density at radius 2 is 0.648 bits per heavy atom. The smallest absolute Gasteiger partial charge is 0.344 e. The molecule has 122 heavy (non-hydrogen) atoms. The van der Waals surface area contributed by atoms with Crippen LogP contribution in [0.15, 0.2) is 255 Å². The van der Waals surface area contributed by atoms with Crippen LogP contribution in [-0.2, 0) is 0 Å². The number of nitrogens with two attached hydrogens (primary N) is 1. The van der Waals surface area contributed by atoms with Gasteiger partial charge >= 0.3 is 24.1 Å². The zero-order valence-electron chi connectivity index (χ0n) is 65.5. The molecule has 5 aromatic heterocycles. The van der Waals surface area contributed by atoms with E-state index >= 15 is 0 Å². The van der Waals surface area contributed by atoms with Crippen LogP contribution >= 0.6 is 23.2 Å². The van der Waals surface area contributed by atoms with Crippen LogP contribution in [0.5, 0.6) is 0 Å². The van der Waals surface area contributed by atoms with Crippen LogP contribution in [0.2, 0.25) is 0 Å². The Morgan fingerprint density at radius 3 is 0.934 bits per heavy atom. The number of nitrogens with one attached hydrogen (secondary N) is 11. The zero-order valence-corrected chi connectivity index (χ0v) is 67.0. The molecule has 0 spiro atoms. The molecule has 0 saturated heterocycles. The van der Waals surface area contributed by atoms with Crippen LogP contribution in [0.1, 0.15) is 50.1 Å². The number of alkyl halides is 2. The summed E-state index contributed by atoms with van der Waals surface area (Å²) in [6.45, 7) is 10.6. The molecule has 0 aliphatic heterocycles. The summed E-state index contributed by atoms with van der Waals surface area (Å²) in [6.07, 6.45) is 7.53. The highest BCUT2D eigenvalue weighted by Gasteiger charge is 2.17. The lowest BCUT2D eigenvalue weighted by Crippen LogP contribution is -2.31. The monoisotopic (exact) mass is 1680 g/mol. The van der Waals surface area contributed by atoms with Crippen LogP contribution in [0.4, 0.5) is 105 Å². The summed E-state index contributed by atoms with van der Waals surface area (Å²) < 4.78 is 0. The molecule has 0 radical (unpaired) electrons. The number of benzene rings is 10. The van der Waals surface area contributed by atoms with E-state index < -0.39 is 12.1 Å². The van der Waals surface area contributed by atoms with E-state index in [9.17, 15) is 29.0 Å². The molecule has 0 bridgehead atoms. The first-order valence-corrected chi connectivity index (χ1v) is 37.9. The highest BCUT2D eigenvalue weighted by Crippen LogP contribution is 2.32. The summed E-state index contributed by atoms with van der Waals surface area (Å²) in [7, 11) is 2.85. The van der Waals surface area contributed by atoms with Gasteiger partial charge in [0.05, 0.1) is 44.7 Å². The average Bonchev–Trinajstić information content (AvgIpc) is 0.822. The van der Waals surface area contributed by atoms with E-state index in [0.29, 0.717) is 74.7 Å². The Labute approximate surface area is 715 Å². The number of amides is 8. The van der Waals surface area contributed by atoms with Gasteiger partial charge in [-0.3, -0.25) is 0 Å². The minimum Gasteiger partial charge on any atom is -0.399 e. The number of rotatable bonds is 20. The molecule has 0 saturated carbocycles. The van der Waals surface area contributed by atoms with Gasteiger partial charge in [0.1, 0.15) is 60.7 Å². The molecule has 13 N–H and O–H groups in total. The molecular formula is C88H94Cl2N26O6. The molecular weight excluding hydrogens is 1590 g/mol. The third kappa shape index (κ3) is 26.3. The van der Waals surface area contributed by atoms with Crippen LogP contribution in [0.25, 0.3) is 54.5 Å². The molecule has 15 aromatic rings. The lowest BCUT2D eigenvalue weighted by molar-refractivity contribution is 0.216. The number of nitrogen functional groups attached to an aromatic ring is 1. The number of nitroso groups, excluding NO2 is 2. The Morgan fingerprint density at radius 1 is 0.352 bits per heavy atom. The summed E-state index contributed by atoms with van der Waals surface area (Å²) in [5.41, 5.74) is 23.2. The fourth-order valence-electron chi connectivity index (χ4n) is 11.6. The van der Waals surface area contributed by atoms with Crippen molar-refractivity contribution in [2.75, 3.05) is 92.5 Å². The largest absolute Gasteiger partial charge is 0.399 e. The number of carbonyl (C=O) groups is 4. The van der Waals surface area contributed by atoms with Gasteiger partial charge in [0.25, 0.3) is 0 Å². The fraction of sp³-hybridized carbons (Fsp3) is 0.159. The van der Waals surface area contributed by atoms with E-state index in [1.54, 1.807) is 61.9 Å². The van der Waals surface area contributed by atoms with E-state index in [1.807, 2.05) is 179 Å². The second-order valence-corrected chi connectivity index (χ2v) is 27.2. The van der Waals surface area contributed by atoms with Crippen LogP contribution in [0, 0.1) is 44.4 Å². The molecule has 5 heterocycles. The van der Waals surface area contributed by atoms with E-state index in [1.165, 1.54) is 37.9 Å². The summed E-state index contributed by atoms with van der Waals surface area (Å²) in [4.78, 5) is 111. The quantitative estimate of drug-likeness (QED) is 0.0146. The average molecular weight is 1680 g/mol. The van der Waals surface area contributed by atoms with Crippen molar-refractivity contribution < 1.29 is 19.2 Å². The highest BCUT2D eigenvalue weighted by atomic mass is 35.5. The summed E-state index contributed by atoms with van der Waals surface area (Å²) in [5, 5.41) is 43.0. The lowest BCUT2D eigenvalue weighted by atomic mass is 10.2. The van der Waals surface area contributed by atoms with Crippen molar-refractivity contribution in [2.24, 2.45) is 10.6 Å². The van der Waals surface area contributed by atoms with E-state index in [4.69, 9.17) is 28.9 Å². The first-order chi connectivity index (χ1) is 57.7. The van der Waals surface area contributed by atoms with E-state index in [2.05, 4.69) is 138 Å². The van der Waals surface area contributed by atoms with Gasteiger partial charge in [-0.2, -0.15) is 10.0 Å². The molecule has 15 rings (SSSR count). The maximum Gasteiger partial charge on any atom is 0.344 e. The number of fused-ring (bicyclic) bond motifs is 5. The number of halogens is 2. The first kappa shape index (κ1) is 92.1. The number of nitrogens with zero attached hydrogens (tertiary/aromatic N) is 14. The zero-order chi connectivity index (χ0) is 84.2. The second-order valence-electron chi connectivity index (χ2n) is 26.4. The Kier molecular flexibility index (Phi) is 34.2. The van der Waals surface area contributed by atoms with Gasteiger partial charge in [0, 0.05) is 116 Å². The standard InChI is InChI=1S/C18H17ClN6O2.C18H18ClN5O.C17H16N6O2.C17H17N5O.C15H14N4.3CH4/c1-12-3-2-4-13(9-12)22-17-15-10-14(5-6-16(15)20-11-21-17)23-18(26)25(24-27)8-7-19;1-12-3-2-4-13(9-12)23-17-15-10-14(24-18(25)20-8-7-19)5-6-16(15)21-11-22-17;1-11-4-3-5-12(8-11)20-16-14-9-13(21-17(24)23(2)22-25)6-7-15(14)18-10-19-16;1-11-4-3-5-12(8-11)21-16-14-9-13(22-17(23)18-2)6-7-15(14)19-10-20-16;1-10-3-2-4-12(7-10)19-15-13-8-11(16)5-6-14(13)17-9-18-15;;;/h2-6,9-11H,7-8H2,1H3,(H,23,26)(H,20,21,22);2-6,9-11H,7-8H2,1H3,(H2,20,24,25)(H,21,22,23);3-10H,1-2H3,(H,21,24)(H,18,19,20);3-10H,1-2H3,(H2,18,22,23)(H,19,20,21);2-9H,16H2,1H3,(H,17,18,19);3*1H4. The van der Waals surface area contributed by atoms with Crippen LogP contribution in [0.3, 0.4) is 0 Å². The molecule has 8 amide bonds. The Balaban J connectivity index is 0.000000189. The molecule has 626 valence electrons. The predicted octanol–water partition coefficient (Wildman–Crippen LogP) is 20.9. The molecule has 10 aromatic carbocycles. The molecule has 0 aliphatic rings. The lowest BCUT2D eigenvalue weighted by Gasteiger charge is -2.14. The van der Waals surface area contributed by atoms with Crippen molar-refractivity contribution in [3.05, 3.63) is 282 Å². The molecule has 34 heteroatoms. The summed E-state index contributed by atoms with van der Waals surface area (Å²) >= 11 is 11.1. The van der Waals surface area contributed by atoms with Gasteiger partial charge in [-0.05, 0) is 214 Å². The third-order valence-corrected chi connectivity index (χ3v) is 17.6. The predicted molar refractivity (Wildman–Crippen MR) is 495 cm³/mol. The Bertz CT molecular complexity index is 6140. The topological polar surface area (TPSA) is 421 Å².